The van der Waals surface area contributed by atoms with Crippen LogP contribution < -0.4 is 5.32 Å². The minimum atomic E-state index is -1.10. The summed E-state index contributed by atoms with van der Waals surface area (Å²) in [4.78, 5) is 14.7. The van der Waals surface area contributed by atoms with Crippen molar-refractivity contribution in [1.82, 2.24) is 10.2 Å². The summed E-state index contributed by atoms with van der Waals surface area (Å²) in [7, 11) is 0. The van der Waals surface area contributed by atoms with Gasteiger partial charge in [-0.1, -0.05) is 60.7 Å². The number of hydrogen-bond acceptors (Lipinski definition) is 3. The number of hydrogen-bond donors (Lipinski definition) is 2. The number of carbonyl (C=O) groups excluding carboxylic acids is 1. The average Bonchev–Trinajstić information content (AvgIpc) is 2.63. The van der Waals surface area contributed by atoms with Crippen molar-refractivity contribution < 1.29 is 9.90 Å². The molecule has 2 N–H and O–H groups in total. The Labute approximate surface area is 143 Å². The second-order valence-corrected chi connectivity index (χ2v) is 6.38. The van der Waals surface area contributed by atoms with Crippen molar-refractivity contribution >= 4 is 5.91 Å². The molecule has 126 valence electrons. The Morgan fingerprint density at radius 1 is 1.12 bits per heavy atom. The molecule has 1 aliphatic rings. The third-order valence-corrected chi connectivity index (χ3v) is 4.46. The van der Waals surface area contributed by atoms with E-state index in [1.807, 2.05) is 24.3 Å². The first-order valence-corrected chi connectivity index (χ1v) is 8.52. The molecule has 0 bridgehead atoms. The van der Waals surface area contributed by atoms with Gasteiger partial charge in [-0.15, -0.1) is 0 Å². The molecular weight excluding hydrogens is 300 g/mol. The highest BCUT2D eigenvalue weighted by Crippen LogP contribution is 2.16. The van der Waals surface area contributed by atoms with Gasteiger partial charge in [0.05, 0.1) is 0 Å². The molecule has 0 saturated carbocycles. The number of aliphatic hydroxyl groups excluding tert-OH is 1. The molecule has 0 aromatic heterocycles. The van der Waals surface area contributed by atoms with Crippen LogP contribution in [-0.2, 0) is 11.3 Å². The lowest BCUT2D eigenvalue weighted by atomic mass is 10.0. The monoisotopic (exact) mass is 324 g/mol. The first kappa shape index (κ1) is 16.7. The van der Waals surface area contributed by atoms with E-state index >= 15 is 0 Å². The maximum atomic E-state index is 12.3. The molecule has 1 saturated heterocycles. The van der Waals surface area contributed by atoms with E-state index in [1.165, 1.54) is 5.56 Å². The van der Waals surface area contributed by atoms with E-state index in [2.05, 4.69) is 34.5 Å². The SMILES string of the molecule is O=C(N[C@H]1CCCN(Cc2ccccc2)C1)C(O)c1ccccc1. The zero-order valence-corrected chi connectivity index (χ0v) is 13.8. The maximum absolute atomic E-state index is 12.3. The summed E-state index contributed by atoms with van der Waals surface area (Å²) < 4.78 is 0. The number of rotatable bonds is 5. The Morgan fingerprint density at radius 2 is 1.79 bits per heavy atom. The molecular formula is C20H24N2O2. The van der Waals surface area contributed by atoms with E-state index in [9.17, 15) is 9.90 Å². The summed E-state index contributed by atoms with van der Waals surface area (Å²) in [5.74, 6) is -0.312. The molecule has 0 radical (unpaired) electrons. The van der Waals surface area contributed by atoms with E-state index in [0.717, 1.165) is 32.5 Å². The summed E-state index contributed by atoms with van der Waals surface area (Å²) >= 11 is 0. The van der Waals surface area contributed by atoms with E-state index in [1.54, 1.807) is 12.1 Å². The smallest absolute Gasteiger partial charge is 0.253 e. The van der Waals surface area contributed by atoms with Gasteiger partial charge in [0.15, 0.2) is 6.10 Å². The van der Waals surface area contributed by atoms with Crippen molar-refractivity contribution in [3.8, 4) is 0 Å². The van der Waals surface area contributed by atoms with Crippen LogP contribution >= 0.6 is 0 Å². The van der Waals surface area contributed by atoms with Crippen LogP contribution in [0.2, 0.25) is 0 Å². The summed E-state index contributed by atoms with van der Waals surface area (Å²) in [5.41, 5.74) is 1.92. The molecule has 2 atom stereocenters. The lowest BCUT2D eigenvalue weighted by Gasteiger charge is -2.33. The molecule has 4 heteroatoms. The van der Waals surface area contributed by atoms with Crippen LogP contribution in [0.15, 0.2) is 60.7 Å². The summed E-state index contributed by atoms with van der Waals surface area (Å²) in [5, 5.41) is 13.2. The highest BCUT2D eigenvalue weighted by Gasteiger charge is 2.24. The number of aliphatic hydroxyl groups is 1. The zero-order valence-electron chi connectivity index (χ0n) is 13.8. The Balaban J connectivity index is 1.54. The molecule has 2 aromatic rings. The van der Waals surface area contributed by atoms with Gasteiger partial charge >= 0.3 is 0 Å². The van der Waals surface area contributed by atoms with Gasteiger partial charge in [-0.3, -0.25) is 9.69 Å². The fraction of sp³-hybridized carbons (Fsp3) is 0.350. The maximum Gasteiger partial charge on any atom is 0.253 e. The van der Waals surface area contributed by atoms with Crippen LogP contribution in [0.25, 0.3) is 0 Å². The quantitative estimate of drug-likeness (QED) is 0.888. The summed E-state index contributed by atoms with van der Waals surface area (Å²) in [6.07, 6.45) is 0.910. The second-order valence-electron chi connectivity index (χ2n) is 6.38. The molecule has 1 fully saturated rings. The Hall–Kier alpha value is -2.17. The largest absolute Gasteiger partial charge is 0.378 e. The third-order valence-electron chi connectivity index (χ3n) is 4.46. The number of piperidine rings is 1. The predicted octanol–water partition coefficient (Wildman–Crippen LogP) is 2.50. The van der Waals surface area contributed by atoms with Crippen LogP contribution in [0.4, 0.5) is 0 Å². The van der Waals surface area contributed by atoms with Crippen LogP contribution in [-0.4, -0.2) is 35.0 Å². The average molecular weight is 324 g/mol. The van der Waals surface area contributed by atoms with E-state index in [0.29, 0.717) is 5.56 Å². The zero-order chi connectivity index (χ0) is 16.8. The van der Waals surface area contributed by atoms with Crippen molar-refractivity contribution in [2.24, 2.45) is 0 Å². The first-order valence-electron chi connectivity index (χ1n) is 8.52. The number of amides is 1. The predicted molar refractivity (Wildman–Crippen MR) is 94.3 cm³/mol. The minimum Gasteiger partial charge on any atom is -0.378 e. The highest BCUT2D eigenvalue weighted by atomic mass is 16.3. The molecule has 1 heterocycles. The van der Waals surface area contributed by atoms with Gasteiger partial charge in [-0.05, 0) is 30.5 Å². The molecule has 24 heavy (non-hydrogen) atoms. The third kappa shape index (κ3) is 4.43. The van der Waals surface area contributed by atoms with Gasteiger partial charge in [0.1, 0.15) is 0 Å². The Kier molecular flexibility index (Phi) is 5.62. The van der Waals surface area contributed by atoms with E-state index in [4.69, 9.17) is 0 Å². The van der Waals surface area contributed by atoms with Gasteiger partial charge in [0.2, 0.25) is 0 Å². The second kappa shape index (κ2) is 8.08. The van der Waals surface area contributed by atoms with Crippen LogP contribution in [0.1, 0.15) is 30.1 Å². The number of benzene rings is 2. The summed E-state index contributed by atoms with van der Waals surface area (Å²) in [6.45, 7) is 2.76. The molecule has 2 aromatic carbocycles. The number of nitrogens with zero attached hydrogens (tertiary/aromatic N) is 1. The molecule has 3 rings (SSSR count). The Bertz CT molecular complexity index is 645. The molecule has 0 aliphatic carbocycles. The van der Waals surface area contributed by atoms with Gasteiger partial charge in [0, 0.05) is 19.1 Å². The van der Waals surface area contributed by atoms with E-state index in [-0.39, 0.29) is 11.9 Å². The fourth-order valence-corrected chi connectivity index (χ4v) is 3.23. The van der Waals surface area contributed by atoms with Crippen LogP contribution in [0, 0.1) is 0 Å². The standard InChI is InChI=1S/C20H24N2O2/c23-19(17-10-5-2-6-11-17)20(24)21-18-12-7-13-22(15-18)14-16-8-3-1-4-9-16/h1-6,8-11,18-19,23H,7,12-15H2,(H,21,24)/t18-,19?/m0/s1. The van der Waals surface area contributed by atoms with E-state index < -0.39 is 6.10 Å². The van der Waals surface area contributed by atoms with Crippen molar-refractivity contribution in [3.05, 3.63) is 71.8 Å². The van der Waals surface area contributed by atoms with Crippen LogP contribution in [0.5, 0.6) is 0 Å². The lowest BCUT2D eigenvalue weighted by molar-refractivity contribution is -0.130. The van der Waals surface area contributed by atoms with Crippen molar-refractivity contribution in [1.29, 1.82) is 0 Å². The lowest BCUT2D eigenvalue weighted by Crippen LogP contribution is -2.48. The first-order chi connectivity index (χ1) is 11.7. The van der Waals surface area contributed by atoms with Crippen molar-refractivity contribution in [3.63, 3.8) is 0 Å². The fourth-order valence-electron chi connectivity index (χ4n) is 3.23. The molecule has 1 amide bonds. The van der Waals surface area contributed by atoms with Crippen LogP contribution in [0.3, 0.4) is 0 Å². The van der Waals surface area contributed by atoms with Gasteiger partial charge in [-0.25, -0.2) is 0 Å². The number of nitrogens with one attached hydrogen (secondary N) is 1. The number of likely N-dealkylation sites (tertiary alicyclic amines) is 1. The van der Waals surface area contributed by atoms with Gasteiger partial charge in [-0.2, -0.15) is 0 Å². The highest BCUT2D eigenvalue weighted by molar-refractivity contribution is 5.82. The molecule has 0 spiro atoms. The molecule has 1 aliphatic heterocycles. The normalized spacial score (nSPS) is 19.6. The summed E-state index contributed by atoms with van der Waals surface area (Å²) in [6, 6.07) is 19.5. The minimum absolute atomic E-state index is 0.0910. The van der Waals surface area contributed by atoms with Gasteiger partial charge in [0.25, 0.3) is 5.91 Å². The topological polar surface area (TPSA) is 52.6 Å². The molecule has 4 nitrogen and oxygen atoms in total. The molecule has 1 unspecified atom stereocenters. The van der Waals surface area contributed by atoms with Gasteiger partial charge < -0.3 is 10.4 Å². The Morgan fingerprint density at radius 3 is 2.50 bits per heavy atom. The number of carbonyl (C=O) groups is 1. The van der Waals surface area contributed by atoms with Crippen molar-refractivity contribution in [2.45, 2.75) is 31.5 Å². The van der Waals surface area contributed by atoms with Crippen molar-refractivity contribution in [2.75, 3.05) is 13.1 Å².